The summed E-state index contributed by atoms with van der Waals surface area (Å²) < 4.78 is 12.8. The van der Waals surface area contributed by atoms with E-state index in [0.717, 1.165) is 18.8 Å². The lowest BCUT2D eigenvalue weighted by molar-refractivity contribution is -0.124. The molecule has 0 saturated carbocycles. The van der Waals surface area contributed by atoms with Crippen molar-refractivity contribution in [2.24, 2.45) is 0 Å². The van der Waals surface area contributed by atoms with Crippen molar-refractivity contribution in [3.05, 3.63) is 42.6 Å². The summed E-state index contributed by atoms with van der Waals surface area (Å²) >= 11 is 0. The van der Waals surface area contributed by atoms with E-state index in [1.165, 1.54) is 0 Å². The van der Waals surface area contributed by atoms with Crippen LogP contribution < -0.4 is 5.32 Å². The first kappa shape index (κ1) is 14.8. The van der Waals surface area contributed by atoms with Gasteiger partial charge in [0.2, 0.25) is 5.91 Å². The zero-order chi connectivity index (χ0) is 15.2. The minimum atomic E-state index is -0.00357. The largest absolute Gasteiger partial charge is 0.467 e. The number of nitrogens with one attached hydrogen (secondary N) is 1. The van der Waals surface area contributed by atoms with Gasteiger partial charge < -0.3 is 14.5 Å². The van der Waals surface area contributed by atoms with Gasteiger partial charge in [0, 0.05) is 25.5 Å². The fourth-order valence-corrected chi connectivity index (χ4v) is 2.51. The van der Waals surface area contributed by atoms with Gasteiger partial charge in [-0.3, -0.25) is 14.4 Å². The molecule has 1 saturated heterocycles. The summed E-state index contributed by atoms with van der Waals surface area (Å²) in [6.45, 7) is 3.64. The van der Waals surface area contributed by atoms with Gasteiger partial charge in [0.1, 0.15) is 5.76 Å². The van der Waals surface area contributed by atoms with Gasteiger partial charge in [-0.1, -0.05) is 0 Å². The first-order valence-corrected chi connectivity index (χ1v) is 7.40. The molecule has 1 fully saturated rings. The molecular weight excluding hydrogens is 284 g/mol. The summed E-state index contributed by atoms with van der Waals surface area (Å²) in [7, 11) is 0. The van der Waals surface area contributed by atoms with E-state index in [0.29, 0.717) is 26.2 Å². The Balaban J connectivity index is 1.42. The van der Waals surface area contributed by atoms with Gasteiger partial charge in [-0.15, -0.1) is 0 Å². The molecule has 3 heterocycles. The molecule has 0 spiro atoms. The lowest BCUT2D eigenvalue weighted by atomic mass is 10.2. The molecule has 1 atom stereocenters. The summed E-state index contributed by atoms with van der Waals surface area (Å²) in [5.74, 6) is 0.753. The number of rotatable bonds is 6. The highest BCUT2D eigenvalue weighted by Crippen LogP contribution is 2.07. The molecule has 3 rings (SSSR count). The zero-order valence-electron chi connectivity index (χ0n) is 12.4. The molecule has 0 unspecified atom stereocenters. The molecule has 7 nitrogen and oxygen atoms in total. The minimum Gasteiger partial charge on any atom is -0.467 e. The number of furan rings is 1. The van der Waals surface area contributed by atoms with Gasteiger partial charge in [0.15, 0.2) is 0 Å². The van der Waals surface area contributed by atoms with Crippen LogP contribution in [0.25, 0.3) is 0 Å². The molecule has 1 aliphatic heterocycles. The van der Waals surface area contributed by atoms with Crippen LogP contribution in [0.1, 0.15) is 5.76 Å². The molecule has 1 N–H and O–H groups in total. The molecule has 7 heteroatoms. The summed E-state index contributed by atoms with van der Waals surface area (Å²) in [4.78, 5) is 14.1. The Morgan fingerprint density at radius 1 is 1.45 bits per heavy atom. The van der Waals surface area contributed by atoms with E-state index in [2.05, 4.69) is 15.3 Å². The van der Waals surface area contributed by atoms with Crippen molar-refractivity contribution in [3.8, 4) is 0 Å². The SMILES string of the molecule is O=C(CN1CCO[C@H](Cn2cccn2)C1)NCc1ccco1. The molecule has 0 radical (unpaired) electrons. The number of ether oxygens (including phenoxy) is 1. The zero-order valence-corrected chi connectivity index (χ0v) is 12.4. The standard InChI is InChI=1S/C15H20N4O3/c20-15(16-9-13-3-1-7-21-13)12-18-6-8-22-14(10-18)11-19-5-2-4-17-19/h1-5,7,14H,6,8-12H2,(H,16,20)/t14-/m0/s1. The van der Waals surface area contributed by atoms with Gasteiger partial charge in [-0.05, 0) is 18.2 Å². The van der Waals surface area contributed by atoms with Gasteiger partial charge in [-0.2, -0.15) is 5.10 Å². The highest BCUT2D eigenvalue weighted by molar-refractivity contribution is 5.77. The van der Waals surface area contributed by atoms with E-state index in [9.17, 15) is 4.79 Å². The molecule has 2 aromatic heterocycles. The Morgan fingerprint density at radius 2 is 2.41 bits per heavy atom. The average molecular weight is 304 g/mol. The molecule has 0 aromatic carbocycles. The van der Waals surface area contributed by atoms with Gasteiger partial charge in [-0.25, -0.2) is 0 Å². The van der Waals surface area contributed by atoms with Crippen molar-refractivity contribution in [2.75, 3.05) is 26.2 Å². The highest BCUT2D eigenvalue weighted by atomic mass is 16.5. The van der Waals surface area contributed by atoms with Crippen LogP contribution in [0.5, 0.6) is 0 Å². The number of carbonyl (C=O) groups excluding carboxylic acids is 1. The second-order valence-corrected chi connectivity index (χ2v) is 5.31. The predicted octanol–water partition coefficient (Wildman–Crippen LogP) is 0.493. The molecule has 118 valence electrons. The quantitative estimate of drug-likeness (QED) is 0.841. The number of morpholine rings is 1. The van der Waals surface area contributed by atoms with Gasteiger partial charge in [0.05, 0.1) is 38.6 Å². The lowest BCUT2D eigenvalue weighted by Gasteiger charge is -2.32. The number of hydrogen-bond acceptors (Lipinski definition) is 5. The number of hydrogen-bond donors (Lipinski definition) is 1. The van der Waals surface area contributed by atoms with Crippen molar-refractivity contribution in [1.82, 2.24) is 20.0 Å². The van der Waals surface area contributed by atoms with E-state index in [4.69, 9.17) is 9.15 Å². The lowest BCUT2D eigenvalue weighted by Crippen LogP contribution is -2.48. The molecule has 2 aromatic rings. The van der Waals surface area contributed by atoms with E-state index < -0.39 is 0 Å². The number of aromatic nitrogens is 2. The normalized spacial score (nSPS) is 19.2. The minimum absolute atomic E-state index is 0.00357. The molecular formula is C15H20N4O3. The fourth-order valence-electron chi connectivity index (χ4n) is 2.51. The maximum atomic E-state index is 12.0. The van der Waals surface area contributed by atoms with E-state index in [1.54, 1.807) is 12.5 Å². The van der Waals surface area contributed by atoms with Crippen molar-refractivity contribution >= 4 is 5.91 Å². The van der Waals surface area contributed by atoms with Gasteiger partial charge in [0.25, 0.3) is 0 Å². The van der Waals surface area contributed by atoms with Crippen LogP contribution in [0.4, 0.5) is 0 Å². The Kier molecular flexibility index (Phi) is 4.87. The van der Waals surface area contributed by atoms with E-state index >= 15 is 0 Å². The third-order valence-electron chi connectivity index (χ3n) is 3.58. The average Bonchev–Trinajstić information content (AvgIpc) is 3.19. The van der Waals surface area contributed by atoms with Crippen LogP contribution in [0, 0.1) is 0 Å². The second kappa shape index (κ2) is 7.24. The van der Waals surface area contributed by atoms with Crippen LogP contribution in [0.15, 0.2) is 41.3 Å². The summed E-state index contributed by atoms with van der Waals surface area (Å²) in [5.41, 5.74) is 0. The first-order chi connectivity index (χ1) is 10.8. The Bertz CT molecular complexity index is 568. The summed E-state index contributed by atoms with van der Waals surface area (Å²) in [6, 6.07) is 5.54. The predicted molar refractivity (Wildman–Crippen MR) is 79.0 cm³/mol. The second-order valence-electron chi connectivity index (χ2n) is 5.31. The van der Waals surface area contributed by atoms with Crippen molar-refractivity contribution in [2.45, 2.75) is 19.2 Å². The molecule has 0 aliphatic carbocycles. The van der Waals surface area contributed by atoms with Crippen LogP contribution in [0.3, 0.4) is 0 Å². The van der Waals surface area contributed by atoms with Crippen molar-refractivity contribution in [3.63, 3.8) is 0 Å². The Labute approximate surface area is 128 Å². The fraction of sp³-hybridized carbons (Fsp3) is 0.467. The molecule has 22 heavy (non-hydrogen) atoms. The van der Waals surface area contributed by atoms with Crippen LogP contribution >= 0.6 is 0 Å². The van der Waals surface area contributed by atoms with Crippen molar-refractivity contribution in [1.29, 1.82) is 0 Å². The van der Waals surface area contributed by atoms with Crippen LogP contribution in [-0.2, 0) is 22.6 Å². The molecule has 1 aliphatic rings. The third kappa shape index (κ3) is 4.19. The smallest absolute Gasteiger partial charge is 0.234 e. The Hall–Kier alpha value is -2.12. The first-order valence-electron chi connectivity index (χ1n) is 7.40. The number of nitrogens with zero attached hydrogens (tertiary/aromatic N) is 3. The van der Waals surface area contributed by atoms with Crippen LogP contribution in [0.2, 0.25) is 0 Å². The summed E-state index contributed by atoms with van der Waals surface area (Å²) in [6.07, 6.45) is 5.33. The highest BCUT2D eigenvalue weighted by Gasteiger charge is 2.22. The summed E-state index contributed by atoms with van der Waals surface area (Å²) in [5, 5.41) is 7.04. The topological polar surface area (TPSA) is 72.5 Å². The Morgan fingerprint density at radius 3 is 3.18 bits per heavy atom. The molecule has 1 amide bonds. The number of carbonyl (C=O) groups is 1. The van der Waals surface area contributed by atoms with E-state index in [-0.39, 0.29) is 12.0 Å². The third-order valence-corrected chi connectivity index (χ3v) is 3.58. The maximum absolute atomic E-state index is 12.0. The van der Waals surface area contributed by atoms with Crippen molar-refractivity contribution < 1.29 is 13.9 Å². The molecule has 0 bridgehead atoms. The number of amides is 1. The monoisotopic (exact) mass is 304 g/mol. The van der Waals surface area contributed by atoms with E-state index in [1.807, 2.05) is 29.1 Å². The maximum Gasteiger partial charge on any atom is 0.234 e. The van der Waals surface area contributed by atoms with Crippen LogP contribution in [-0.4, -0.2) is 52.9 Å². The van der Waals surface area contributed by atoms with Gasteiger partial charge >= 0.3 is 0 Å².